The van der Waals surface area contributed by atoms with E-state index in [9.17, 15) is 14.4 Å². The van der Waals surface area contributed by atoms with Crippen LogP contribution >= 0.6 is 0 Å². The Hall–Kier alpha value is -2.81. The number of anilines is 1. The smallest absolute Gasteiger partial charge is 0.319 e. The van der Waals surface area contributed by atoms with E-state index in [1.54, 1.807) is 30.1 Å². The summed E-state index contributed by atoms with van der Waals surface area (Å²) < 4.78 is 12.3. The fourth-order valence-corrected chi connectivity index (χ4v) is 5.27. The van der Waals surface area contributed by atoms with Gasteiger partial charge in [-0.3, -0.25) is 9.59 Å². The first kappa shape index (κ1) is 25.3. The molecule has 1 saturated carbocycles. The normalized spacial score (nSPS) is 25.0. The zero-order valence-corrected chi connectivity index (χ0v) is 21.0. The van der Waals surface area contributed by atoms with Gasteiger partial charge < -0.3 is 30.3 Å². The monoisotopic (exact) mass is 486 g/mol. The number of urea groups is 1. The molecule has 4 rings (SSSR count). The number of ether oxygens (including phenoxy) is 2. The average Bonchev–Trinajstić information content (AvgIpc) is 2.82. The van der Waals surface area contributed by atoms with Crippen molar-refractivity contribution in [2.24, 2.45) is 0 Å². The van der Waals surface area contributed by atoms with Crippen molar-refractivity contribution in [3.8, 4) is 5.75 Å². The minimum atomic E-state index is -0.327. The van der Waals surface area contributed by atoms with Crippen molar-refractivity contribution >= 4 is 23.5 Å². The molecule has 1 saturated heterocycles. The van der Waals surface area contributed by atoms with Gasteiger partial charge in [-0.2, -0.15) is 0 Å². The third kappa shape index (κ3) is 6.45. The molecule has 3 N–H and O–H groups in total. The lowest BCUT2D eigenvalue weighted by molar-refractivity contribution is -0.134. The van der Waals surface area contributed by atoms with Crippen LogP contribution in [0.4, 0.5) is 10.5 Å². The number of benzene rings is 1. The summed E-state index contributed by atoms with van der Waals surface area (Å²) in [6.07, 6.45) is 7.01. The zero-order chi connectivity index (χ0) is 24.9. The number of carbonyl (C=O) groups excluding carboxylic acids is 3. The summed E-state index contributed by atoms with van der Waals surface area (Å²) >= 11 is 0. The van der Waals surface area contributed by atoms with Gasteiger partial charge in [0.15, 0.2) is 0 Å². The maximum atomic E-state index is 13.3. The number of nitrogens with one attached hydrogen (secondary N) is 3. The summed E-state index contributed by atoms with van der Waals surface area (Å²) in [5, 5.41) is 8.70. The largest absolute Gasteiger partial charge is 0.490 e. The molecule has 0 spiro atoms. The predicted octanol–water partition coefficient (Wildman–Crippen LogP) is 3.44. The molecule has 2 aliphatic heterocycles. The molecule has 3 atom stereocenters. The Kier molecular flexibility index (Phi) is 8.15. The number of nitrogens with zero attached hydrogens (tertiary/aromatic N) is 1. The molecule has 3 aliphatic rings. The molecule has 0 aromatic heterocycles. The Labute approximate surface area is 207 Å². The molecular weight excluding hydrogens is 448 g/mol. The van der Waals surface area contributed by atoms with Gasteiger partial charge in [-0.25, -0.2) is 4.79 Å². The van der Waals surface area contributed by atoms with Gasteiger partial charge in [0, 0.05) is 24.8 Å². The number of hydrogen-bond acceptors (Lipinski definition) is 5. The lowest BCUT2D eigenvalue weighted by atomic mass is 9.93. The van der Waals surface area contributed by atoms with Crippen molar-refractivity contribution in [1.82, 2.24) is 15.5 Å². The Morgan fingerprint density at radius 1 is 1.11 bits per heavy atom. The Morgan fingerprint density at radius 3 is 2.63 bits per heavy atom. The summed E-state index contributed by atoms with van der Waals surface area (Å²) in [7, 11) is 1.78. The second-order valence-electron chi connectivity index (χ2n) is 10.2. The Bertz CT molecular complexity index is 930. The molecule has 35 heavy (non-hydrogen) atoms. The topological polar surface area (TPSA) is 109 Å². The van der Waals surface area contributed by atoms with Gasteiger partial charge in [-0.05, 0) is 57.7 Å². The Morgan fingerprint density at radius 2 is 1.89 bits per heavy atom. The molecule has 1 aromatic rings. The van der Waals surface area contributed by atoms with E-state index in [-0.39, 0.29) is 54.8 Å². The summed E-state index contributed by atoms with van der Waals surface area (Å²) in [6.45, 7) is 4.04. The minimum absolute atomic E-state index is 0.000772. The highest BCUT2D eigenvalue weighted by molar-refractivity contribution is 5.99. The lowest BCUT2D eigenvalue weighted by Crippen LogP contribution is -2.54. The third-order valence-electron chi connectivity index (χ3n) is 7.07. The quantitative estimate of drug-likeness (QED) is 0.591. The fraction of sp³-hybridized carbons (Fsp3) is 0.654. The van der Waals surface area contributed by atoms with Crippen LogP contribution in [-0.4, -0.2) is 66.7 Å². The molecule has 9 nitrogen and oxygen atoms in total. The number of fused-ring (bicyclic) bond motifs is 2. The van der Waals surface area contributed by atoms with E-state index in [1.165, 1.54) is 19.3 Å². The van der Waals surface area contributed by atoms with Crippen molar-refractivity contribution in [2.75, 3.05) is 19.0 Å². The standard InChI is InChI=1S/C26H38N4O5/c1-16(2)27-26(33)29-18-9-12-22-20(13-18)25(32)30(3)21-11-10-19(35-23(21)15-34-22)14-24(31)28-17-7-5-4-6-8-17/h9,12-13,16-17,19,21,23H,4-8,10-11,14-15H2,1-3H3,(H,28,31)(H2,27,29,33)/t19-,21-,23+/m1/s1. The highest BCUT2D eigenvalue weighted by Crippen LogP contribution is 2.32. The summed E-state index contributed by atoms with van der Waals surface area (Å²) in [4.78, 5) is 39.7. The number of carbonyl (C=O) groups is 3. The second-order valence-corrected chi connectivity index (χ2v) is 10.2. The van der Waals surface area contributed by atoms with Crippen molar-refractivity contribution in [1.29, 1.82) is 0 Å². The van der Waals surface area contributed by atoms with Gasteiger partial charge in [0.25, 0.3) is 5.91 Å². The summed E-state index contributed by atoms with van der Waals surface area (Å²) in [6, 6.07) is 4.88. The van der Waals surface area contributed by atoms with Crippen molar-refractivity contribution in [3.63, 3.8) is 0 Å². The van der Waals surface area contributed by atoms with E-state index in [4.69, 9.17) is 9.47 Å². The van der Waals surface area contributed by atoms with Crippen LogP contribution in [0.25, 0.3) is 0 Å². The Balaban J connectivity index is 1.39. The van der Waals surface area contributed by atoms with E-state index >= 15 is 0 Å². The second kappa shape index (κ2) is 11.3. The van der Waals surface area contributed by atoms with Gasteiger partial charge in [0.1, 0.15) is 18.5 Å². The van der Waals surface area contributed by atoms with E-state index < -0.39 is 0 Å². The summed E-state index contributed by atoms with van der Waals surface area (Å²) in [5.74, 6) is 0.319. The van der Waals surface area contributed by atoms with Gasteiger partial charge in [-0.1, -0.05) is 19.3 Å². The highest BCUT2D eigenvalue weighted by Gasteiger charge is 2.39. The molecule has 0 radical (unpaired) electrons. The molecule has 2 fully saturated rings. The first-order chi connectivity index (χ1) is 16.8. The van der Waals surface area contributed by atoms with Gasteiger partial charge in [-0.15, -0.1) is 0 Å². The molecule has 0 unspecified atom stereocenters. The number of hydrogen-bond donors (Lipinski definition) is 3. The van der Waals surface area contributed by atoms with Crippen LogP contribution in [0.15, 0.2) is 18.2 Å². The maximum Gasteiger partial charge on any atom is 0.319 e. The van der Waals surface area contributed by atoms with Crippen molar-refractivity contribution < 1.29 is 23.9 Å². The van der Waals surface area contributed by atoms with Crippen LogP contribution in [0.3, 0.4) is 0 Å². The fourth-order valence-electron chi connectivity index (χ4n) is 5.27. The van der Waals surface area contributed by atoms with Crippen molar-refractivity contribution in [3.05, 3.63) is 23.8 Å². The van der Waals surface area contributed by atoms with E-state index in [2.05, 4.69) is 16.0 Å². The number of likely N-dealkylation sites (N-methyl/N-ethyl adjacent to an activating group) is 1. The van der Waals surface area contributed by atoms with Gasteiger partial charge in [0.05, 0.1) is 24.1 Å². The molecule has 0 bridgehead atoms. The van der Waals surface area contributed by atoms with E-state index in [1.807, 2.05) is 13.8 Å². The first-order valence-corrected chi connectivity index (χ1v) is 12.9. The number of amides is 4. The zero-order valence-electron chi connectivity index (χ0n) is 21.0. The molecule has 192 valence electrons. The number of rotatable bonds is 5. The van der Waals surface area contributed by atoms with E-state index in [0.717, 1.165) is 19.3 Å². The molecular formula is C26H38N4O5. The van der Waals surface area contributed by atoms with Crippen LogP contribution in [0.2, 0.25) is 0 Å². The van der Waals surface area contributed by atoms with Crippen LogP contribution < -0.4 is 20.7 Å². The predicted molar refractivity (Wildman–Crippen MR) is 133 cm³/mol. The van der Waals surface area contributed by atoms with E-state index in [0.29, 0.717) is 29.8 Å². The van der Waals surface area contributed by atoms with Crippen molar-refractivity contribution in [2.45, 2.75) is 95.5 Å². The highest BCUT2D eigenvalue weighted by atomic mass is 16.5. The lowest BCUT2D eigenvalue weighted by Gasteiger charge is -2.42. The first-order valence-electron chi connectivity index (χ1n) is 12.9. The van der Waals surface area contributed by atoms with Crippen LogP contribution in [-0.2, 0) is 9.53 Å². The van der Waals surface area contributed by atoms with Gasteiger partial charge in [0.2, 0.25) is 5.91 Å². The molecule has 2 heterocycles. The van der Waals surface area contributed by atoms with Crippen LogP contribution in [0.1, 0.15) is 75.6 Å². The SMILES string of the molecule is CC(C)NC(=O)Nc1ccc2c(c1)C(=O)N(C)[C@@H]1CC[C@H](CC(=O)NC3CCCCC3)O[C@H]1CO2. The third-order valence-corrected chi connectivity index (χ3v) is 7.07. The average molecular weight is 487 g/mol. The molecule has 4 amide bonds. The maximum absolute atomic E-state index is 13.3. The molecule has 9 heteroatoms. The summed E-state index contributed by atoms with van der Waals surface area (Å²) in [5.41, 5.74) is 0.926. The van der Waals surface area contributed by atoms with Gasteiger partial charge >= 0.3 is 6.03 Å². The van der Waals surface area contributed by atoms with Crippen LogP contribution in [0, 0.1) is 0 Å². The van der Waals surface area contributed by atoms with Crippen LogP contribution in [0.5, 0.6) is 5.75 Å². The minimum Gasteiger partial charge on any atom is -0.490 e. The molecule has 1 aliphatic carbocycles. The molecule has 1 aromatic carbocycles.